The van der Waals surface area contributed by atoms with E-state index in [1.807, 2.05) is 24.3 Å². The van der Waals surface area contributed by atoms with Crippen LogP contribution in [0.3, 0.4) is 0 Å². The maximum atomic E-state index is 12.6. The van der Waals surface area contributed by atoms with Crippen molar-refractivity contribution >= 4 is 5.97 Å². The molecule has 0 radical (unpaired) electrons. The highest BCUT2D eigenvalue weighted by molar-refractivity contribution is 5.75. The van der Waals surface area contributed by atoms with Gasteiger partial charge in [0.1, 0.15) is 5.75 Å². The van der Waals surface area contributed by atoms with Crippen molar-refractivity contribution in [2.24, 2.45) is 17.3 Å². The van der Waals surface area contributed by atoms with Crippen LogP contribution < -0.4 is 4.74 Å². The summed E-state index contributed by atoms with van der Waals surface area (Å²) in [6.45, 7) is 2.91. The van der Waals surface area contributed by atoms with Crippen LogP contribution >= 0.6 is 0 Å². The first-order valence-electron chi connectivity index (χ1n) is 11.0. The minimum atomic E-state index is -0.0406. The molecule has 2 aliphatic rings. The number of carbonyl (C=O) groups is 1. The normalized spacial score (nSPS) is 25.1. The third kappa shape index (κ3) is 5.13. The lowest BCUT2D eigenvalue weighted by molar-refractivity contribution is -0.140. The van der Waals surface area contributed by atoms with E-state index in [2.05, 4.69) is 6.92 Å². The largest absolute Gasteiger partial charge is 0.426 e. The lowest BCUT2D eigenvalue weighted by Gasteiger charge is -2.46. The molecule has 0 N–H and O–H groups in total. The molecular formula is C24H36O3. The molecule has 3 rings (SSSR count). The van der Waals surface area contributed by atoms with Crippen molar-refractivity contribution in [3.8, 4) is 5.75 Å². The number of hydrogen-bond acceptors (Lipinski definition) is 3. The fraction of sp³-hybridized carbons (Fsp3) is 0.708. The Morgan fingerprint density at radius 2 is 1.70 bits per heavy atom. The first kappa shape index (κ1) is 20.4. The zero-order valence-electron chi connectivity index (χ0n) is 17.2. The molecule has 0 amide bonds. The third-order valence-corrected chi connectivity index (χ3v) is 6.98. The van der Waals surface area contributed by atoms with Crippen molar-refractivity contribution in [3.63, 3.8) is 0 Å². The van der Waals surface area contributed by atoms with E-state index in [1.54, 1.807) is 7.11 Å². The van der Waals surface area contributed by atoms with Crippen LogP contribution in [0.2, 0.25) is 0 Å². The summed E-state index contributed by atoms with van der Waals surface area (Å²) in [5, 5.41) is 0. The average molecular weight is 373 g/mol. The Morgan fingerprint density at radius 1 is 1.04 bits per heavy atom. The van der Waals surface area contributed by atoms with Crippen LogP contribution in [0.1, 0.15) is 83.1 Å². The van der Waals surface area contributed by atoms with Crippen molar-refractivity contribution in [2.75, 3.05) is 7.11 Å². The van der Waals surface area contributed by atoms with Gasteiger partial charge in [0.05, 0.1) is 12.5 Å². The highest BCUT2D eigenvalue weighted by Gasteiger charge is 2.41. The van der Waals surface area contributed by atoms with Crippen molar-refractivity contribution in [3.05, 3.63) is 29.8 Å². The topological polar surface area (TPSA) is 35.5 Å². The standard InChI is InChI=1S/C24H36O3/c1-3-15-24(16-5-4-6-17-24)21-11-9-20(10-12-21)23(25)27-22-13-7-19(8-14-22)18-26-2/h7-8,13-14,20-21H,3-6,9-12,15-18H2,1-2H3. The molecule has 3 nitrogen and oxygen atoms in total. The monoisotopic (exact) mass is 372 g/mol. The number of esters is 1. The summed E-state index contributed by atoms with van der Waals surface area (Å²) in [6, 6.07) is 7.66. The van der Waals surface area contributed by atoms with E-state index in [-0.39, 0.29) is 11.9 Å². The van der Waals surface area contributed by atoms with Gasteiger partial charge in [0.25, 0.3) is 0 Å². The summed E-state index contributed by atoms with van der Waals surface area (Å²) < 4.78 is 10.8. The highest BCUT2D eigenvalue weighted by Crippen LogP contribution is 2.51. The Hall–Kier alpha value is -1.35. The van der Waals surface area contributed by atoms with Crippen molar-refractivity contribution in [1.82, 2.24) is 0 Å². The van der Waals surface area contributed by atoms with E-state index >= 15 is 0 Å². The van der Waals surface area contributed by atoms with Gasteiger partial charge in [0.15, 0.2) is 0 Å². The fourth-order valence-electron chi connectivity index (χ4n) is 5.58. The van der Waals surface area contributed by atoms with Crippen LogP contribution in [0, 0.1) is 17.3 Å². The Balaban J connectivity index is 1.52. The van der Waals surface area contributed by atoms with Gasteiger partial charge in [-0.15, -0.1) is 0 Å². The van der Waals surface area contributed by atoms with Gasteiger partial charge in [-0.2, -0.15) is 0 Å². The minimum absolute atomic E-state index is 0.0406. The minimum Gasteiger partial charge on any atom is -0.426 e. The van der Waals surface area contributed by atoms with Gasteiger partial charge in [-0.05, 0) is 74.0 Å². The summed E-state index contributed by atoms with van der Waals surface area (Å²) in [4.78, 5) is 12.6. The number of hydrogen-bond donors (Lipinski definition) is 0. The molecule has 0 heterocycles. The van der Waals surface area contributed by atoms with E-state index in [0.717, 1.165) is 24.3 Å². The second-order valence-electron chi connectivity index (χ2n) is 8.72. The molecule has 0 atom stereocenters. The second-order valence-corrected chi connectivity index (χ2v) is 8.72. The number of ether oxygens (including phenoxy) is 2. The van der Waals surface area contributed by atoms with Crippen molar-refractivity contribution in [1.29, 1.82) is 0 Å². The van der Waals surface area contributed by atoms with Crippen LogP contribution in [-0.4, -0.2) is 13.1 Å². The molecular weight excluding hydrogens is 336 g/mol. The Morgan fingerprint density at radius 3 is 2.30 bits per heavy atom. The van der Waals surface area contributed by atoms with E-state index in [4.69, 9.17) is 9.47 Å². The summed E-state index contributed by atoms with van der Waals surface area (Å²) >= 11 is 0. The predicted octanol–water partition coefficient (Wildman–Crippen LogP) is 6.30. The molecule has 0 bridgehead atoms. The molecule has 0 aromatic heterocycles. The second kappa shape index (κ2) is 9.73. The lowest BCUT2D eigenvalue weighted by Crippen LogP contribution is -2.37. The predicted molar refractivity (Wildman–Crippen MR) is 109 cm³/mol. The van der Waals surface area contributed by atoms with Gasteiger partial charge < -0.3 is 9.47 Å². The zero-order valence-corrected chi connectivity index (χ0v) is 17.2. The summed E-state index contributed by atoms with van der Waals surface area (Å²) in [5.41, 5.74) is 1.66. The smallest absolute Gasteiger partial charge is 0.314 e. The van der Waals surface area contributed by atoms with Crippen molar-refractivity contribution in [2.45, 2.75) is 84.2 Å². The molecule has 0 spiro atoms. The van der Waals surface area contributed by atoms with E-state index in [1.165, 1.54) is 57.8 Å². The lowest BCUT2D eigenvalue weighted by atomic mass is 9.59. The van der Waals surface area contributed by atoms with Gasteiger partial charge >= 0.3 is 5.97 Å². The average Bonchev–Trinajstić information content (AvgIpc) is 2.71. The molecule has 2 saturated carbocycles. The summed E-state index contributed by atoms with van der Waals surface area (Å²) in [6.07, 6.45) is 14.1. The quantitative estimate of drug-likeness (QED) is 0.416. The third-order valence-electron chi connectivity index (χ3n) is 6.98. The molecule has 27 heavy (non-hydrogen) atoms. The van der Waals surface area contributed by atoms with E-state index in [0.29, 0.717) is 17.8 Å². The van der Waals surface area contributed by atoms with Gasteiger partial charge in [0, 0.05) is 7.11 Å². The Bertz CT molecular complexity index is 573. The molecule has 2 fully saturated rings. The van der Waals surface area contributed by atoms with Crippen LogP contribution in [-0.2, 0) is 16.1 Å². The van der Waals surface area contributed by atoms with E-state index in [9.17, 15) is 4.79 Å². The number of rotatable bonds is 7. The number of methoxy groups -OCH3 is 1. The van der Waals surface area contributed by atoms with Crippen LogP contribution in [0.25, 0.3) is 0 Å². The maximum Gasteiger partial charge on any atom is 0.314 e. The van der Waals surface area contributed by atoms with Gasteiger partial charge in [-0.1, -0.05) is 44.7 Å². The van der Waals surface area contributed by atoms with E-state index < -0.39 is 0 Å². The molecule has 0 unspecified atom stereocenters. The number of carbonyl (C=O) groups excluding carboxylic acids is 1. The molecule has 0 aliphatic heterocycles. The van der Waals surface area contributed by atoms with Gasteiger partial charge in [0.2, 0.25) is 0 Å². The number of benzene rings is 1. The Labute approximate surface area is 164 Å². The fourth-order valence-corrected chi connectivity index (χ4v) is 5.58. The zero-order chi connectivity index (χ0) is 19.1. The molecule has 1 aromatic carbocycles. The molecule has 1 aromatic rings. The highest BCUT2D eigenvalue weighted by atomic mass is 16.5. The summed E-state index contributed by atoms with van der Waals surface area (Å²) in [5.74, 6) is 1.50. The molecule has 150 valence electrons. The van der Waals surface area contributed by atoms with Crippen LogP contribution in [0.5, 0.6) is 5.75 Å². The van der Waals surface area contributed by atoms with Crippen LogP contribution in [0.4, 0.5) is 0 Å². The Kier molecular flexibility index (Phi) is 7.34. The van der Waals surface area contributed by atoms with Crippen LogP contribution in [0.15, 0.2) is 24.3 Å². The van der Waals surface area contributed by atoms with Gasteiger partial charge in [-0.25, -0.2) is 0 Å². The SMILES string of the molecule is CCCC1(C2CCC(C(=O)Oc3ccc(COC)cc3)CC2)CCCCC1. The maximum absolute atomic E-state index is 12.6. The molecule has 2 aliphatic carbocycles. The molecule has 0 saturated heterocycles. The van der Waals surface area contributed by atoms with Crippen molar-refractivity contribution < 1.29 is 14.3 Å². The molecule has 3 heteroatoms. The van der Waals surface area contributed by atoms with Gasteiger partial charge in [-0.3, -0.25) is 4.79 Å². The first-order valence-corrected chi connectivity index (χ1v) is 11.0. The first-order chi connectivity index (χ1) is 13.2. The summed E-state index contributed by atoms with van der Waals surface area (Å²) in [7, 11) is 1.68.